The van der Waals surface area contributed by atoms with E-state index >= 15 is 0 Å². The molecule has 1 N–H and O–H groups in total. The SMILES string of the molecule is CCCNCC(COC)N(C)Cc1ccc(Cl)cc1. The second kappa shape index (κ2) is 9.32. The molecule has 0 fully saturated rings. The molecule has 0 saturated heterocycles. The zero-order valence-electron chi connectivity index (χ0n) is 12.2. The van der Waals surface area contributed by atoms with Crippen molar-refractivity contribution in [2.24, 2.45) is 0 Å². The number of hydrogen-bond donors (Lipinski definition) is 1. The number of likely N-dealkylation sites (N-methyl/N-ethyl adjacent to an activating group) is 1. The van der Waals surface area contributed by atoms with Crippen molar-refractivity contribution in [2.75, 3.05) is 33.9 Å². The molecule has 3 nitrogen and oxygen atoms in total. The van der Waals surface area contributed by atoms with Crippen LogP contribution in [0.3, 0.4) is 0 Å². The Morgan fingerprint density at radius 1 is 1.32 bits per heavy atom. The van der Waals surface area contributed by atoms with E-state index in [2.05, 4.69) is 36.3 Å². The van der Waals surface area contributed by atoms with E-state index in [-0.39, 0.29) is 0 Å². The Kier molecular flexibility index (Phi) is 8.07. The molecule has 108 valence electrons. The fourth-order valence-electron chi connectivity index (χ4n) is 1.99. The van der Waals surface area contributed by atoms with Gasteiger partial charge >= 0.3 is 0 Å². The highest BCUT2D eigenvalue weighted by molar-refractivity contribution is 6.30. The Labute approximate surface area is 121 Å². The summed E-state index contributed by atoms with van der Waals surface area (Å²) in [4.78, 5) is 2.31. The first kappa shape index (κ1) is 16.4. The van der Waals surface area contributed by atoms with Crippen LogP contribution in [-0.4, -0.2) is 44.8 Å². The molecule has 1 atom stereocenters. The van der Waals surface area contributed by atoms with E-state index in [9.17, 15) is 0 Å². The molecule has 0 aliphatic heterocycles. The lowest BCUT2D eigenvalue weighted by Crippen LogP contribution is -2.42. The summed E-state index contributed by atoms with van der Waals surface area (Å²) in [6.07, 6.45) is 1.15. The van der Waals surface area contributed by atoms with Crippen molar-refractivity contribution in [3.8, 4) is 0 Å². The van der Waals surface area contributed by atoms with Crippen LogP contribution in [0.5, 0.6) is 0 Å². The van der Waals surface area contributed by atoms with Gasteiger partial charge in [0.25, 0.3) is 0 Å². The summed E-state index contributed by atoms with van der Waals surface area (Å²) in [5.74, 6) is 0. The van der Waals surface area contributed by atoms with Gasteiger partial charge in [-0.25, -0.2) is 0 Å². The lowest BCUT2D eigenvalue weighted by molar-refractivity contribution is 0.101. The van der Waals surface area contributed by atoms with Gasteiger partial charge in [0.1, 0.15) is 0 Å². The molecule has 1 aromatic rings. The standard InChI is InChI=1S/C15H25ClN2O/c1-4-9-17-10-15(12-19-3)18(2)11-13-5-7-14(16)8-6-13/h5-8,15,17H,4,9-12H2,1-3H3. The first-order chi connectivity index (χ1) is 9.17. The summed E-state index contributed by atoms with van der Waals surface area (Å²) in [7, 11) is 3.88. The highest BCUT2D eigenvalue weighted by Gasteiger charge is 2.14. The number of benzene rings is 1. The van der Waals surface area contributed by atoms with Gasteiger partial charge in [0.15, 0.2) is 0 Å². The lowest BCUT2D eigenvalue weighted by Gasteiger charge is -2.28. The van der Waals surface area contributed by atoms with Gasteiger partial charge in [-0.1, -0.05) is 30.7 Å². The molecule has 19 heavy (non-hydrogen) atoms. The fraction of sp³-hybridized carbons (Fsp3) is 0.600. The summed E-state index contributed by atoms with van der Waals surface area (Å²) < 4.78 is 5.31. The summed E-state index contributed by atoms with van der Waals surface area (Å²) in [5.41, 5.74) is 1.27. The molecule has 0 heterocycles. The van der Waals surface area contributed by atoms with Crippen molar-refractivity contribution in [3.05, 3.63) is 34.9 Å². The Bertz CT molecular complexity index is 343. The third kappa shape index (κ3) is 6.39. The topological polar surface area (TPSA) is 24.5 Å². The van der Waals surface area contributed by atoms with Crippen LogP contribution in [0.15, 0.2) is 24.3 Å². The minimum Gasteiger partial charge on any atom is -0.383 e. The molecule has 0 amide bonds. The number of methoxy groups -OCH3 is 1. The molecule has 0 aromatic heterocycles. The predicted molar refractivity (Wildman–Crippen MR) is 81.7 cm³/mol. The predicted octanol–water partition coefficient (Wildman–Crippen LogP) is 2.79. The first-order valence-corrected chi connectivity index (χ1v) is 7.19. The van der Waals surface area contributed by atoms with Crippen molar-refractivity contribution < 1.29 is 4.74 Å². The quantitative estimate of drug-likeness (QED) is 0.706. The van der Waals surface area contributed by atoms with E-state index in [1.807, 2.05) is 12.1 Å². The number of nitrogens with zero attached hydrogens (tertiary/aromatic N) is 1. The van der Waals surface area contributed by atoms with Crippen LogP contribution in [0, 0.1) is 0 Å². The third-order valence-corrected chi connectivity index (χ3v) is 3.39. The maximum absolute atomic E-state index is 5.90. The fourth-order valence-corrected chi connectivity index (χ4v) is 2.11. The van der Waals surface area contributed by atoms with Crippen molar-refractivity contribution in [2.45, 2.75) is 25.9 Å². The van der Waals surface area contributed by atoms with Crippen LogP contribution in [0.25, 0.3) is 0 Å². The van der Waals surface area contributed by atoms with Gasteiger partial charge in [-0.3, -0.25) is 4.90 Å². The van der Waals surface area contributed by atoms with E-state index in [1.165, 1.54) is 5.56 Å². The summed E-state index contributed by atoms with van der Waals surface area (Å²) >= 11 is 5.90. The van der Waals surface area contributed by atoms with Crippen LogP contribution in [0.2, 0.25) is 5.02 Å². The molecule has 0 aliphatic rings. The zero-order chi connectivity index (χ0) is 14.1. The smallest absolute Gasteiger partial charge is 0.0630 e. The first-order valence-electron chi connectivity index (χ1n) is 6.81. The second-order valence-corrected chi connectivity index (χ2v) is 5.29. The van der Waals surface area contributed by atoms with Gasteiger partial charge in [-0.2, -0.15) is 0 Å². The summed E-state index contributed by atoms with van der Waals surface area (Å²) in [5, 5.41) is 4.23. The Morgan fingerprint density at radius 2 is 2.00 bits per heavy atom. The summed E-state index contributed by atoms with van der Waals surface area (Å²) in [6.45, 7) is 5.82. The zero-order valence-corrected chi connectivity index (χ0v) is 12.9. The molecular weight excluding hydrogens is 260 g/mol. The molecule has 1 rings (SSSR count). The molecule has 0 radical (unpaired) electrons. The van der Waals surface area contributed by atoms with Crippen molar-refractivity contribution >= 4 is 11.6 Å². The van der Waals surface area contributed by atoms with E-state index in [0.717, 1.165) is 37.7 Å². The Balaban J connectivity index is 2.50. The molecule has 4 heteroatoms. The van der Waals surface area contributed by atoms with Crippen LogP contribution in [0.1, 0.15) is 18.9 Å². The van der Waals surface area contributed by atoms with Crippen LogP contribution >= 0.6 is 11.6 Å². The largest absolute Gasteiger partial charge is 0.383 e. The molecule has 0 spiro atoms. The average molecular weight is 285 g/mol. The number of nitrogens with one attached hydrogen (secondary N) is 1. The van der Waals surface area contributed by atoms with Gasteiger partial charge in [0.05, 0.1) is 6.61 Å². The number of hydrogen-bond acceptors (Lipinski definition) is 3. The van der Waals surface area contributed by atoms with Gasteiger partial charge in [0.2, 0.25) is 0 Å². The normalized spacial score (nSPS) is 12.9. The maximum atomic E-state index is 5.90. The van der Waals surface area contributed by atoms with E-state index in [4.69, 9.17) is 16.3 Å². The molecule has 1 aromatic carbocycles. The number of ether oxygens (including phenoxy) is 1. The molecule has 1 unspecified atom stereocenters. The Morgan fingerprint density at radius 3 is 2.58 bits per heavy atom. The third-order valence-electron chi connectivity index (χ3n) is 3.13. The van der Waals surface area contributed by atoms with E-state index in [0.29, 0.717) is 6.04 Å². The van der Waals surface area contributed by atoms with Gasteiger partial charge in [-0.15, -0.1) is 0 Å². The van der Waals surface area contributed by atoms with Gasteiger partial charge < -0.3 is 10.1 Å². The molecular formula is C15H25ClN2O. The highest BCUT2D eigenvalue weighted by atomic mass is 35.5. The number of rotatable bonds is 9. The van der Waals surface area contributed by atoms with Crippen LogP contribution < -0.4 is 5.32 Å². The minimum atomic E-state index is 0.382. The molecule has 0 aliphatic carbocycles. The number of halogens is 1. The van der Waals surface area contributed by atoms with E-state index < -0.39 is 0 Å². The van der Waals surface area contributed by atoms with Crippen molar-refractivity contribution in [3.63, 3.8) is 0 Å². The maximum Gasteiger partial charge on any atom is 0.0630 e. The van der Waals surface area contributed by atoms with Gasteiger partial charge in [-0.05, 0) is 37.7 Å². The van der Waals surface area contributed by atoms with Crippen molar-refractivity contribution in [1.29, 1.82) is 0 Å². The molecule has 0 saturated carbocycles. The van der Waals surface area contributed by atoms with Gasteiger partial charge in [0, 0.05) is 31.3 Å². The minimum absolute atomic E-state index is 0.382. The Hall–Kier alpha value is -0.610. The van der Waals surface area contributed by atoms with Crippen LogP contribution in [-0.2, 0) is 11.3 Å². The molecule has 0 bridgehead atoms. The average Bonchev–Trinajstić information content (AvgIpc) is 2.40. The highest BCUT2D eigenvalue weighted by Crippen LogP contribution is 2.12. The van der Waals surface area contributed by atoms with E-state index in [1.54, 1.807) is 7.11 Å². The monoisotopic (exact) mass is 284 g/mol. The van der Waals surface area contributed by atoms with Crippen molar-refractivity contribution in [1.82, 2.24) is 10.2 Å². The lowest BCUT2D eigenvalue weighted by atomic mass is 10.2. The summed E-state index contributed by atoms with van der Waals surface area (Å²) in [6, 6.07) is 8.40. The second-order valence-electron chi connectivity index (χ2n) is 4.85. The van der Waals surface area contributed by atoms with Crippen LogP contribution in [0.4, 0.5) is 0 Å².